The Bertz CT molecular complexity index is 491. The van der Waals surface area contributed by atoms with Crippen molar-refractivity contribution in [1.82, 2.24) is 3.71 Å². The molecule has 0 spiro atoms. The van der Waals surface area contributed by atoms with E-state index in [1.165, 1.54) is 24.3 Å². The molecule has 1 heterocycles. The van der Waals surface area contributed by atoms with Crippen molar-refractivity contribution in [2.24, 2.45) is 0 Å². The minimum atomic E-state index is -4.71. The van der Waals surface area contributed by atoms with Crippen molar-refractivity contribution in [1.29, 1.82) is 0 Å². The van der Waals surface area contributed by atoms with Crippen molar-refractivity contribution in [3.8, 4) is 5.75 Å². The van der Waals surface area contributed by atoms with Crippen LogP contribution in [0.5, 0.6) is 5.75 Å². The van der Waals surface area contributed by atoms with Gasteiger partial charge in [0, 0.05) is 0 Å². The number of rotatable bonds is 1. The van der Waals surface area contributed by atoms with Gasteiger partial charge >= 0.3 is 16.8 Å². The number of fused-ring (bicyclic) bond motifs is 1. The van der Waals surface area contributed by atoms with Crippen LogP contribution in [0.3, 0.4) is 0 Å². The standard InChI is InChI=1S/C8H4F3NO3S2/c9-8(10,11)16-12-7(13)5-3-1-2-4-6(5)15-17(12)14/h1-4H. The SMILES string of the molecule is O=C1c2ccccc2OS(=O)N1SC(F)(F)F. The summed E-state index contributed by atoms with van der Waals surface area (Å²) in [7, 11) is 0. The van der Waals surface area contributed by atoms with Crippen LogP contribution in [0.1, 0.15) is 10.4 Å². The quantitative estimate of drug-likeness (QED) is 0.742. The zero-order valence-corrected chi connectivity index (χ0v) is 9.56. The average Bonchev–Trinajstić information content (AvgIpc) is 2.23. The summed E-state index contributed by atoms with van der Waals surface area (Å²) >= 11 is -3.27. The third-order valence-corrected chi connectivity index (χ3v) is 3.65. The van der Waals surface area contributed by atoms with Crippen LogP contribution in [0.25, 0.3) is 0 Å². The number of para-hydroxylation sites is 1. The molecule has 0 aromatic heterocycles. The van der Waals surface area contributed by atoms with Gasteiger partial charge in [0.1, 0.15) is 0 Å². The molecule has 1 unspecified atom stereocenters. The van der Waals surface area contributed by atoms with Crippen LogP contribution < -0.4 is 4.18 Å². The Morgan fingerprint density at radius 3 is 2.59 bits per heavy atom. The summed E-state index contributed by atoms with van der Waals surface area (Å²) in [6.07, 6.45) is 0. The summed E-state index contributed by atoms with van der Waals surface area (Å²) in [6, 6.07) is 5.67. The number of alkyl halides is 3. The van der Waals surface area contributed by atoms with Crippen molar-refractivity contribution in [2.45, 2.75) is 5.51 Å². The van der Waals surface area contributed by atoms with E-state index >= 15 is 0 Å². The molecule has 1 aromatic rings. The first-order valence-electron chi connectivity index (χ1n) is 4.18. The van der Waals surface area contributed by atoms with Gasteiger partial charge in [0.15, 0.2) is 5.75 Å². The monoisotopic (exact) mass is 283 g/mol. The second-order valence-corrected chi connectivity index (χ2v) is 5.10. The van der Waals surface area contributed by atoms with Crippen LogP contribution in [-0.2, 0) is 11.3 Å². The lowest BCUT2D eigenvalue weighted by Crippen LogP contribution is -2.36. The molecular formula is C8H4F3NO3S2. The second-order valence-electron chi connectivity index (χ2n) is 2.90. The molecule has 2 rings (SSSR count). The largest absolute Gasteiger partial charge is 0.462 e. The molecular weight excluding hydrogens is 279 g/mol. The Hall–Kier alpha value is -1.22. The van der Waals surface area contributed by atoms with E-state index in [2.05, 4.69) is 0 Å². The molecule has 0 N–H and O–H groups in total. The highest BCUT2D eigenvalue weighted by Gasteiger charge is 2.42. The maximum absolute atomic E-state index is 12.1. The van der Waals surface area contributed by atoms with Gasteiger partial charge in [-0.15, -0.1) is 0 Å². The molecule has 17 heavy (non-hydrogen) atoms. The van der Waals surface area contributed by atoms with Gasteiger partial charge in [0.2, 0.25) is 0 Å². The first-order chi connectivity index (χ1) is 7.88. The third kappa shape index (κ3) is 2.55. The summed E-state index contributed by atoms with van der Waals surface area (Å²) in [6.45, 7) is 0. The van der Waals surface area contributed by atoms with Crippen LogP contribution >= 0.6 is 11.9 Å². The number of hydrogen-bond donors (Lipinski definition) is 0. The van der Waals surface area contributed by atoms with Crippen LogP contribution in [0.4, 0.5) is 13.2 Å². The van der Waals surface area contributed by atoms with Gasteiger partial charge < -0.3 is 4.18 Å². The normalized spacial score (nSPS) is 19.8. The Labute approximate surface area is 101 Å². The van der Waals surface area contributed by atoms with Crippen LogP contribution in [0.15, 0.2) is 24.3 Å². The molecule has 1 atom stereocenters. The molecule has 0 saturated heterocycles. The average molecular weight is 283 g/mol. The Morgan fingerprint density at radius 1 is 1.29 bits per heavy atom. The van der Waals surface area contributed by atoms with E-state index in [1.807, 2.05) is 0 Å². The molecule has 4 nitrogen and oxygen atoms in total. The fourth-order valence-corrected chi connectivity index (χ4v) is 2.72. The molecule has 0 fully saturated rings. The van der Waals surface area contributed by atoms with Crippen molar-refractivity contribution in [2.75, 3.05) is 0 Å². The van der Waals surface area contributed by atoms with Crippen molar-refractivity contribution in [3.05, 3.63) is 29.8 Å². The Morgan fingerprint density at radius 2 is 1.94 bits per heavy atom. The predicted molar refractivity (Wildman–Crippen MR) is 55.0 cm³/mol. The van der Waals surface area contributed by atoms with Gasteiger partial charge in [0.25, 0.3) is 5.91 Å². The van der Waals surface area contributed by atoms with E-state index < -0.39 is 34.6 Å². The van der Waals surface area contributed by atoms with E-state index in [1.54, 1.807) is 0 Å². The first kappa shape index (κ1) is 12.2. The van der Waals surface area contributed by atoms with Crippen molar-refractivity contribution >= 4 is 29.1 Å². The predicted octanol–water partition coefficient (Wildman–Crippen LogP) is 2.27. The number of carbonyl (C=O) groups excluding carboxylic acids is 1. The molecule has 0 radical (unpaired) electrons. The Kier molecular flexibility index (Phi) is 3.04. The molecule has 0 saturated carbocycles. The van der Waals surface area contributed by atoms with Gasteiger partial charge in [-0.3, -0.25) is 4.79 Å². The summed E-state index contributed by atoms with van der Waals surface area (Å²) in [5.74, 6) is -0.984. The fourth-order valence-electron chi connectivity index (χ4n) is 1.16. The van der Waals surface area contributed by atoms with E-state index in [0.29, 0.717) is 0 Å². The lowest BCUT2D eigenvalue weighted by molar-refractivity contribution is -0.0349. The van der Waals surface area contributed by atoms with Crippen LogP contribution in [-0.4, -0.2) is 19.3 Å². The molecule has 92 valence electrons. The zero-order valence-electron chi connectivity index (χ0n) is 7.93. The second kappa shape index (κ2) is 4.22. The summed E-state index contributed by atoms with van der Waals surface area (Å²) in [4.78, 5) is 11.6. The maximum Gasteiger partial charge on any atom is 0.462 e. The number of hydrogen-bond acceptors (Lipinski definition) is 4. The zero-order chi connectivity index (χ0) is 12.6. The maximum atomic E-state index is 12.1. The van der Waals surface area contributed by atoms with E-state index in [4.69, 9.17) is 4.18 Å². The number of benzene rings is 1. The van der Waals surface area contributed by atoms with Crippen molar-refractivity contribution < 1.29 is 26.4 Å². The van der Waals surface area contributed by atoms with Gasteiger partial charge in [-0.05, 0) is 12.1 Å². The molecule has 1 amide bonds. The molecule has 1 aliphatic rings. The summed E-state index contributed by atoms with van der Waals surface area (Å²) in [5.41, 5.74) is -4.76. The van der Waals surface area contributed by atoms with Crippen molar-refractivity contribution in [3.63, 3.8) is 0 Å². The van der Waals surface area contributed by atoms with Gasteiger partial charge in [-0.25, -0.2) is 0 Å². The molecule has 9 heteroatoms. The Balaban J connectivity index is 2.34. The van der Waals surface area contributed by atoms with Crippen LogP contribution in [0.2, 0.25) is 0 Å². The molecule has 1 aromatic carbocycles. The highest BCUT2D eigenvalue weighted by atomic mass is 32.3. The van der Waals surface area contributed by atoms with Crippen LogP contribution in [0, 0.1) is 0 Å². The van der Waals surface area contributed by atoms with E-state index in [0.717, 1.165) is 0 Å². The lowest BCUT2D eigenvalue weighted by atomic mass is 10.2. The van der Waals surface area contributed by atoms with Gasteiger partial charge in [-0.2, -0.15) is 21.1 Å². The number of carbonyl (C=O) groups is 1. The van der Waals surface area contributed by atoms with E-state index in [-0.39, 0.29) is 15.0 Å². The highest BCUT2D eigenvalue weighted by molar-refractivity contribution is 8.06. The molecule has 0 bridgehead atoms. The number of halogens is 3. The number of nitrogens with zero attached hydrogens (tertiary/aromatic N) is 1. The fraction of sp³-hybridized carbons (Fsp3) is 0.125. The molecule has 1 aliphatic heterocycles. The summed E-state index contributed by atoms with van der Waals surface area (Å²) < 4.78 is 52.5. The van der Waals surface area contributed by atoms with Gasteiger partial charge in [0.05, 0.1) is 17.5 Å². The summed E-state index contributed by atoms with van der Waals surface area (Å²) in [5, 5.41) is 0. The number of amides is 1. The minimum Gasteiger partial charge on any atom is -0.383 e. The first-order valence-corrected chi connectivity index (χ1v) is 5.98. The lowest BCUT2D eigenvalue weighted by Gasteiger charge is -2.25. The molecule has 0 aliphatic carbocycles. The highest BCUT2D eigenvalue weighted by Crippen LogP contribution is 2.39. The minimum absolute atomic E-state index is 0.00913. The third-order valence-electron chi connectivity index (χ3n) is 1.77. The smallest absolute Gasteiger partial charge is 0.383 e. The van der Waals surface area contributed by atoms with Gasteiger partial charge in [-0.1, -0.05) is 12.1 Å². The van der Waals surface area contributed by atoms with E-state index in [9.17, 15) is 22.2 Å². The topological polar surface area (TPSA) is 46.6 Å².